The van der Waals surface area contributed by atoms with Crippen LogP contribution in [0, 0.1) is 13.8 Å². The Morgan fingerprint density at radius 3 is 2.48 bits per heavy atom. The molecule has 2 aromatic heterocycles. The van der Waals surface area contributed by atoms with Gasteiger partial charge in [0.05, 0.1) is 21.7 Å². The molecule has 3 heterocycles. The van der Waals surface area contributed by atoms with Crippen LogP contribution in [-0.2, 0) is 16.2 Å². The molecule has 4 aromatic rings. The minimum absolute atomic E-state index is 0.156. The lowest BCUT2D eigenvalue weighted by atomic mass is 10.1. The van der Waals surface area contributed by atoms with E-state index in [0.29, 0.717) is 61.1 Å². The van der Waals surface area contributed by atoms with E-state index >= 15 is 0 Å². The molecule has 5 rings (SSSR count). The first-order valence-electron chi connectivity index (χ1n) is 12.8. The molecule has 1 aliphatic rings. The molecule has 1 aliphatic heterocycles. The zero-order valence-electron chi connectivity index (χ0n) is 22.2. The molecule has 0 bridgehead atoms. The third-order valence-electron chi connectivity index (χ3n) is 6.94. The van der Waals surface area contributed by atoms with Gasteiger partial charge in [-0.2, -0.15) is 17.5 Å². The number of aromatic nitrogens is 3. The molecule has 1 saturated heterocycles. The minimum atomic E-state index is -4.52. The first kappa shape index (κ1) is 28.0. The lowest BCUT2D eigenvalue weighted by Crippen LogP contribution is -2.50. The van der Waals surface area contributed by atoms with Gasteiger partial charge in [-0.25, -0.2) is 18.4 Å². The standard InChI is InChI=1S/C27H29F3N6O3S/c1-17-7-8-20(23-13-18(2)34-39-23)14-24(17)40(37,38)36-11-9-35(10-12-36)15-19(3)33-26-21-5-4-6-22(27(28,29)30)25(21)31-16-32-26/h4-8,13-14,16,19H,9-12,15H2,1-3H3,(H,31,32,33). The van der Waals surface area contributed by atoms with Crippen LogP contribution in [0.2, 0.25) is 0 Å². The number of para-hydroxylation sites is 1. The summed E-state index contributed by atoms with van der Waals surface area (Å²) in [7, 11) is -3.74. The molecule has 212 valence electrons. The molecule has 0 radical (unpaired) electrons. The lowest BCUT2D eigenvalue weighted by Gasteiger charge is -2.35. The van der Waals surface area contributed by atoms with E-state index in [4.69, 9.17) is 4.52 Å². The van der Waals surface area contributed by atoms with Crippen molar-refractivity contribution in [3.05, 3.63) is 65.6 Å². The summed E-state index contributed by atoms with van der Waals surface area (Å²) in [6.45, 7) is 7.66. The highest BCUT2D eigenvalue weighted by Crippen LogP contribution is 2.35. The molecular weight excluding hydrogens is 545 g/mol. The van der Waals surface area contributed by atoms with E-state index in [0.717, 1.165) is 12.4 Å². The number of anilines is 1. The number of piperazine rings is 1. The van der Waals surface area contributed by atoms with Gasteiger partial charge >= 0.3 is 6.18 Å². The molecule has 1 fully saturated rings. The number of nitrogens with zero attached hydrogens (tertiary/aromatic N) is 5. The van der Waals surface area contributed by atoms with Crippen molar-refractivity contribution in [2.75, 3.05) is 38.0 Å². The maximum absolute atomic E-state index is 13.5. The van der Waals surface area contributed by atoms with Crippen molar-refractivity contribution in [3.63, 3.8) is 0 Å². The molecule has 0 amide bonds. The molecule has 1 N–H and O–H groups in total. The van der Waals surface area contributed by atoms with E-state index in [-0.39, 0.29) is 21.8 Å². The average Bonchev–Trinajstić information content (AvgIpc) is 3.34. The maximum atomic E-state index is 13.5. The summed E-state index contributed by atoms with van der Waals surface area (Å²) < 4.78 is 74.2. The van der Waals surface area contributed by atoms with Crippen molar-refractivity contribution in [2.45, 2.75) is 37.9 Å². The number of rotatable bonds is 7. The fourth-order valence-corrected chi connectivity index (χ4v) is 6.59. The van der Waals surface area contributed by atoms with E-state index in [1.807, 2.05) is 13.0 Å². The van der Waals surface area contributed by atoms with Gasteiger partial charge in [-0.05, 0) is 44.5 Å². The summed E-state index contributed by atoms with van der Waals surface area (Å²) in [6, 6.07) is 10.7. The topological polar surface area (TPSA) is 104 Å². The highest BCUT2D eigenvalue weighted by atomic mass is 32.2. The van der Waals surface area contributed by atoms with E-state index in [2.05, 4.69) is 25.3 Å². The highest BCUT2D eigenvalue weighted by Gasteiger charge is 2.34. The van der Waals surface area contributed by atoms with E-state index in [1.165, 1.54) is 10.4 Å². The van der Waals surface area contributed by atoms with Crippen molar-refractivity contribution in [2.24, 2.45) is 0 Å². The Hall–Kier alpha value is -3.55. The number of hydrogen-bond donors (Lipinski definition) is 1. The minimum Gasteiger partial charge on any atom is -0.366 e. The summed E-state index contributed by atoms with van der Waals surface area (Å²) in [5, 5.41) is 7.38. The van der Waals surface area contributed by atoms with Crippen molar-refractivity contribution in [1.82, 2.24) is 24.3 Å². The van der Waals surface area contributed by atoms with Crippen LogP contribution in [-0.4, -0.2) is 71.5 Å². The van der Waals surface area contributed by atoms with Crippen LogP contribution in [0.1, 0.15) is 23.7 Å². The second-order valence-corrected chi connectivity index (χ2v) is 11.9. The summed E-state index contributed by atoms with van der Waals surface area (Å²) in [6.07, 6.45) is -3.40. The van der Waals surface area contributed by atoms with Crippen molar-refractivity contribution < 1.29 is 26.1 Å². The second kappa shape index (κ2) is 10.8. The van der Waals surface area contributed by atoms with Crippen LogP contribution in [0.5, 0.6) is 0 Å². The Bertz CT molecular complexity index is 1630. The summed E-state index contributed by atoms with van der Waals surface area (Å²) >= 11 is 0. The number of halogens is 3. The smallest absolute Gasteiger partial charge is 0.366 e. The third kappa shape index (κ3) is 5.67. The largest absolute Gasteiger partial charge is 0.418 e. The lowest BCUT2D eigenvalue weighted by molar-refractivity contribution is -0.136. The fourth-order valence-electron chi connectivity index (χ4n) is 4.92. The third-order valence-corrected chi connectivity index (χ3v) is 8.98. The molecule has 40 heavy (non-hydrogen) atoms. The second-order valence-electron chi connectivity index (χ2n) is 9.98. The molecule has 1 unspecified atom stereocenters. The van der Waals surface area contributed by atoms with Gasteiger partial charge in [0.1, 0.15) is 12.1 Å². The monoisotopic (exact) mass is 574 g/mol. The number of fused-ring (bicyclic) bond motifs is 1. The van der Waals surface area contributed by atoms with Gasteiger partial charge in [0, 0.05) is 55.8 Å². The maximum Gasteiger partial charge on any atom is 0.418 e. The molecular formula is C27H29F3N6O3S. The van der Waals surface area contributed by atoms with Gasteiger partial charge in [-0.3, -0.25) is 4.90 Å². The number of alkyl halides is 3. The van der Waals surface area contributed by atoms with E-state index in [9.17, 15) is 21.6 Å². The molecule has 0 saturated carbocycles. The van der Waals surface area contributed by atoms with Crippen LogP contribution in [0.4, 0.5) is 19.0 Å². The van der Waals surface area contributed by atoms with Crippen LogP contribution in [0.25, 0.3) is 22.2 Å². The first-order chi connectivity index (χ1) is 18.9. The molecule has 2 aromatic carbocycles. The van der Waals surface area contributed by atoms with Crippen LogP contribution in [0.3, 0.4) is 0 Å². The molecule has 0 spiro atoms. The number of aryl methyl sites for hydroxylation is 2. The Labute approximate surface area is 230 Å². The number of sulfonamides is 1. The van der Waals surface area contributed by atoms with Gasteiger partial charge in [-0.15, -0.1) is 0 Å². The predicted molar refractivity (Wildman–Crippen MR) is 144 cm³/mol. The van der Waals surface area contributed by atoms with E-state index in [1.54, 1.807) is 38.1 Å². The highest BCUT2D eigenvalue weighted by molar-refractivity contribution is 7.89. The van der Waals surface area contributed by atoms with E-state index < -0.39 is 21.8 Å². The summed E-state index contributed by atoms with van der Waals surface area (Å²) in [5.41, 5.74) is 1.03. The van der Waals surface area contributed by atoms with Crippen molar-refractivity contribution >= 4 is 26.7 Å². The van der Waals surface area contributed by atoms with Crippen LogP contribution in [0.15, 0.2) is 58.2 Å². The van der Waals surface area contributed by atoms with Crippen LogP contribution >= 0.6 is 0 Å². The summed E-state index contributed by atoms with van der Waals surface area (Å²) in [4.78, 5) is 10.4. The Balaban J connectivity index is 1.24. The Kier molecular flexibility index (Phi) is 7.55. The van der Waals surface area contributed by atoms with Crippen molar-refractivity contribution in [1.29, 1.82) is 0 Å². The molecule has 0 aliphatic carbocycles. The fraction of sp³-hybridized carbons (Fsp3) is 0.370. The average molecular weight is 575 g/mol. The quantitative estimate of drug-likeness (QED) is 0.338. The van der Waals surface area contributed by atoms with Gasteiger partial charge < -0.3 is 9.84 Å². The number of nitrogens with one attached hydrogen (secondary N) is 1. The Morgan fingerprint density at radius 2 is 1.80 bits per heavy atom. The van der Waals surface area contributed by atoms with Gasteiger partial charge in [0.25, 0.3) is 0 Å². The zero-order valence-corrected chi connectivity index (χ0v) is 23.1. The van der Waals surface area contributed by atoms with Gasteiger partial charge in [0.15, 0.2) is 5.76 Å². The molecule has 13 heteroatoms. The summed E-state index contributed by atoms with van der Waals surface area (Å²) in [5.74, 6) is 0.827. The molecule has 1 atom stereocenters. The predicted octanol–water partition coefficient (Wildman–Crippen LogP) is 4.73. The van der Waals surface area contributed by atoms with Crippen molar-refractivity contribution in [3.8, 4) is 11.3 Å². The van der Waals surface area contributed by atoms with Gasteiger partial charge in [-0.1, -0.05) is 23.4 Å². The zero-order chi connectivity index (χ0) is 28.7. The van der Waals surface area contributed by atoms with Crippen LogP contribution < -0.4 is 5.32 Å². The Morgan fingerprint density at radius 1 is 1.05 bits per heavy atom. The SMILES string of the molecule is Cc1cc(-c2ccc(C)c(S(=O)(=O)N3CCN(CC(C)Nc4ncnc5c(C(F)(F)F)cccc45)CC3)c2)on1. The number of benzene rings is 2. The normalized spacial score (nSPS) is 16.4. The first-order valence-corrected chi connectivity index (χ1v) is 14.2. The van der Waals surface area contributed by atoms with Gasteiger partial charge in [0.2, 0.25) is 10.0 Å². The molecule has 9 nitrogen and oxygen atoms in total. The number of hydrogen-bond acceptors (Lipinski definition) is 8.